The number of hydrogen-bond donors (Lipinski definition) is 2. The third kappa shape index (κ3) is 7.31. The summed E-state index contributed by atoms with van der Waals surface area (Å²) in [4.78, 5) is 26.0. The van der Waals surface area contributed by atoms with Gasteiger partial charge in [0.1, 0.15) is 11.5 Å². The normalized spacial score (nSPS) is 17.3. The highest BCUT2D eigenvalue weighted by Gasteiger charge is 2.37. The van der Waals surface area contributed by atoms with E-state index in [1.54, 1.807) is 29.5 Å². The van der Waals surface area contributed by atoms with Gasteiger partial charge in [-0.15, -0.1) is 11.3 Å². The van der Waals surface area contributed by atoms with Crippen LogP contribution in [0.2, 0.25) is 0 Å². The summed E-state index contributed by atoms with van der Waals surface area (Å²) in [7, 11) is -4.11. The largest absolute Gasteiger partial charge is 0.477 e. The highest BCUT2D eigenvalue weighted by Crippen LogP contribution is 2.37. The Morgan fingerprint density at radius 2 is 1.69 bits per heavy atom. The molecule has 252 valence electrons. The molecule has 5 aromatic rings. The van der Waals surface area contributed by atoms with Crippen LogP contribution in [-0.2, 0) is 16.6 Å². The molecule has 1 fully saturated rings. The number of sulfonamides is 1. The quantitative estimate of drug-likeness (QED) is 0.206. The average molecular weight is 696 g/mol. The number of aromatic nitrogens is 2. The van der Waals surface area contributed by atoms with Gasteiger partial charge in [0, 0.05) is 35.7 Å². The molecule has 49 heavy (non-hydrogen) atoms. The van der Waals surface area contributed by atoms with E-state index >= 15 is 0 Å². The van der Waals surface area contributed by atoms with Crippen molar-refractivity contribution >= 4 is 33.2 Å². The van der Waals surface area contributed by atoms with Gasteiger partial charge in [0.2, 0.25) is 11.8 Å². The standard InChI is InChI=1S/C37H37N5O5S2/c1-25-8-6-9-26(2)34(25)30-21-33-40-36(39-30)41-49(44,45)29-13-7-10-27(20-29)35(43)38-23-37(24-46-33)15-17-42(18-16-37)22-32-31(14-19-48-32)47-28-11-4-3-5-12-28/h3-14,19-21H,15-18,22-24H2,1-2H3,(H,38,43)(H,39,40,41). The van der Waals surface area contributed by atoms with Crippen molar-refractivity contribution < 1.29 is 22.7 Å². The molecular weight excluding hydrogens is 659 g/mol. The average Bonchev–Trinajstić information content (AvgIpc) is 3.53. The molecule has 3 aromatic carbocycles. The molecule has 0 aliphatic carbocycles. The summed E-state index contributed by atoms with van der Waals surface area (Å²) in [5.74, 6) is 1.48. The van der Waals surface area contributed by atoms with Crippen molar-refractivity contribution in [3.63, 3.8) is 0 Å². The van der Waals surface area contributed by atoms with Gasteiger partial charge in [0.05, 0.1) is 22.1 Å². The fourth-order valence-corrected chi connectivity index (χ4v) is 8.21. The number of para-hydroxylation sites is 1. The van der Waals surface area contributed by atoms with Gasteiger partial charge in [0.15, 0.2) is 0 Å². The Kier molecular flexibility index (Phi) is 9.10. The predicted octanol–water partition coefficient (Wildman–Crippen LogP) is 6.82. The lowest BCUT2D eigenvalue weighted by Gasteiger charge is -2.41. The summed E-state index contributed by atoms with van der Waals surface area (Å²) in [6.07, 6.45) is 1.53. The van der Waals surface area contributed by atoms with Crippen LogP contribution >= 0.6 is 11.3 Å². The van der Waals surface area contributed by atoms with Crippen LogP contribution < -0.4 is 19.5 Å². The molecule has 1 saturated heterocycles. The van der Waals surface area contributed by atoms with Crippen molar-refractivity contribution in [1.29, 1.82) is 0 Å². The summed E-state index contributed by atoms with van der Waals surface area (Å²) in [5.41, 5.74) is 3.29. The number of benzene rings is 3. The third-order valence-corrected chi connectivity index (χ3v) is 11.4. The van der Waals surface area contributed by atoms with Crippen LogP contribution in [0, 0.1) is 19.3 Å². The van der Waals surface area contributed by atoms with Crippen molar-refractivity contribution in [3.05, 3.63) is 112 Å². The van der Waals surface area contributed by atoms with Gasteiger partial charge < -0.3 is 14.8 Å². The van der Waals surface area contributed by atoms with Crippen LogP contribution in [0.25, 0.3) is 11.3 Å². The number of rotatable bonds is 5. The Bertz CT molecular complexity index is 2070. The second kappa shape index (κ2) is 13.6. The molecule has 7 rings (SSSR count). The maximum Gasteiger partial charge on any atom is 0.264 e. The summed E-state index contributed by atoms with van der Waals surface area (Å²) < 4.78 is 42.0. The number of fused-ring (bicyclic) bond motifs is 4. The van der Waals surface area contributed by atoms with E-state index in [4.69, 9.17) is 9.47 Å². The third-order valence-electron chi connectivity index (χ3n) is 9.18. The summed E-state index contributed by atoms with van der Waals surface area (Å²) in [6, 6.07) is 25.5. The van der Waals surface area contributed by atoms with E-state index in [2.05, 4.69) is 30.3 Å². The molecular formula is C37H37N5O5S2. The molecule has 0 atom stereocenters. The smallest absolute Gasteiger partial charge is 0.264 e. The molecule has 4 heterocycles. The molecule has 2 aromatic heterocycles. The minimum Gasteiger partial charge on any atom is -0.477 e. The van der Waals surface area contributed by atoms with Crippen LogP contribution in [0.15, 0.2) is 95.2 Å². The summed E-state index contributed by atoms with van der Waals surface area (Å²) >= 11 is 1.68. The van der Waals surface area contributed by atoms with Crippen molar-refractivity contribution in [1.82, 2.24) is 20.2 Å². The number of aryl methyl sites for hydroxylation is 2. The first-order valence-electron chi connectivity index (χ1n) is 16.2. The van der Waals surface area contributed by atoms with Crippen molar-refractivity contribution in [2.45, 2.75) is 38.1 Å². The highest BCUT2D eigenvalue weighted by molar-refractivity contribution is 7.92. The molecule has 10 nitrogen and oxygen atoms in total. The first-order valence-corrected chi connectivity index (χ1v) is 18.5. The van der Waals surface area contributed by atoms with Gasteiger partial charge >= 0.3 is 0 Å². The van der Waals surface area contributed by atoms with Gasteiger partial charge in [-0.1, -0.05) is 42.5 Å². The molecule has 2 aliphatic heterocycles. The number of carbonyl (C=O) groups excluding carboxylic acids is 1. The minimum absolute atomic E-state index is 0.0621. The number of nitrogens with one attached hydrogen (secondary N) is 2. The van der Waals surface area contributed by atoms with E-state index in [-0.39, 0.29) is 34.8 Å². The maximum absolute atomic E-state index is 13.5. The number of amides is 1. The van der Waals surface area contributed by atoms with E-state index in [1.807, 2.05) is 68.4 Å². The van der Waals surface area contributed by atoms with Crippen molar-refractivity contribution in [3.8, 4) is 28.6 Å². The summed E-state index contributed by atoms with van der Waals surface area (Å²) in [5, 5.41) is 5.14. The van der Waals surface area contributed by atoms with Crippen molar-refractivity contribution in [2.24, 2.45) is 5.41 Å². The lowest BCUT2D eigenvalue weighted by atomic mass is 9.78. The number of thiophene rings is 1. The molecule has 1 spiro atoms. The van der Waals surface area contributed by atoms with E-state index < -0.39 is 15.4 Å². The highest BCUT2D eigenvalue weighted by atomic mass is 32.2. The van der Waals surface area contributed by atoms with Crippen LogP contribution in [0.1, 0.15) is 39.2 Å². The maximum atomic E-state index is 13.5. The molecule has 12 heteroatoms. The molecule has 0 radical (unpaired) electrons. The Hall–Kier alpha value is -4.78. The topological polar surface area (TPSA) is 123 Å². The lowest BCUT2D eigenvalue weighted by molar-refractivity contribution is 0.0473. The fraction of sp³-hybridized carbons (Fsp3) is 0.270. The zero-order valence-electron chi connectivity index (χ0n) is 27.3. The molecule has 2 N–H and O–H groups in total. The Balaban J connectivity index is 1.17. The zero-order valence-corrected chi connectivity index (χ0v) is 28.9. The number of anilines is 1. The Labute approximate surface area is 290 Å². The second-order valence-corrected chi connectivity index (χ2v) is 15.4. The number of nitrogens with zero attached hydrogens (tertiary/aromatic N) is 3. The van der Waals surface area contributed by atoms with E-state index in [0.29, 0.717) is 12.2 Å². The van der Waals surface area contributed by atoms with Crippen LogP contribution in [0.4, 0.5) is 5.95 Å². The van der Waals surface area contributed by atoms with Crippen LogP contribution in [0.5, 0.6) is 17.4 Å². The van der Waals surface area contributed by atoms with Gasteiger partial charge in [-0.3, -0.25) is 9.69 Å². The number of carbonyl (C=O) groups is 1. The van der Waals surface area contributed by atoms with Gasteiger partial charge in [-0.05, 0) is 92.7 Å². The number of likely N-dealkylation sites (tertiary alicyclic amines) is 1. The number of hydrogen-bond acceptors (Lipinski definition) is 9. The lowest BCUT2D eigenvalue weighted by Crippen LogP contribution is -2.49. The minimum atomic E-state index is -4.11. The molecule has 4 bridgehead atoms. The SMILES string of the molecule is Cc1cccc(C)c1-c1cc2nc(n1)NS(=O)(=O)c1cccc(c1)C(=O)NCC1(CCN(Cc3sccc3Oc3ccccc3)CC1)CO2. The zero-order chi connectivity index (χ0) is 34.0. The van der Waals surface area contributed by atoms with Crippen molar-refractivity contribution in [2.75, 3.05) is 31.0 Å². The van der Waals surface area contributed by atoms with E-state index in [9.17, 15) is 13.2 Å². The number of ether oxygens (including phenoxy) is 2. The molecule has 2 aliphatic rings. The monoisotopic (exact) mass is 695 g/mol. The molecule has 1 amide bonds. The first-order chi connectivity index (χ1) is 23.7. The molecule has 0 unspecified atom stereocenters. The molecule has 0 saturated carbocycles. The van der Waals surface area contributed by atoms with Gasteiger partial charge in [-0.25, -0.2) is 18.1 Å². The van der Waals surface area contributed by atoms with Gasteiger partial charge in [-0.2, -0.15) is 4.98 Å². The summed E-state index contributed by atoms with van der Waals surface area (Å²) in [6.45, 7) is 6.95. The van der Waals surface area contributed by atoms with Crippen LogP contribution in [0.3, 0.4) is 0 Å². The van der Waals surface area contributed by atoms with E-state index in [0.717, 1.165) is 65.5 Å². The Morgan fingerprint density at radius 1 is 0.939 bits per heavy atom. The number of piperidine rings is 1. The van der Waals surface area contributed by atoms with E-state index in [1.165, 1.54) is 12.1 Å². The predicted molar refractivity (Wildman–Crippen MR) is 190 cm³/mol. The Morgan fingerprint density at radius 3 is 2.47 bits per heavy atom. The fourth-order valence-electron chi connectivity index (χ4n) is 6.38. The van der Waals surface area contributed by atoms with Gasteiger partial charge in [0.25, 0.3) is 15.9 Å². The second-order valence-electron chi connectivity index (χ2n) is 12.7. The first kappa shape index (κ1) is 32.8. The van der Waals surface area contributed by atoms with Crippen LogP contribution in [-0.4, -0.2) is 55.4 Å².